The van der Waals surface area contributed by atoms with Crippen LogP contribution in [0.25, 0.3) is 11.1 Å². The lowest BCUT2D eigenvalue weighted by Gasteiger charge is -2.36. The van der Waals surface area contributed by atoms with E-state index >= 15 is 9.13 Å². The summed E-state index contributed by atoms with van der Waals surface area (Å²) >= 11 is 0. The fourth-order valence-electron chi connectivity index (χ4n) is 5.31. The molecule has 6 rings (SSSR count). The van der Waals surface area contributed by atoms with Gasteiger partial charge in [-0.25, -0.2) is 0 Å². The van der Waals surface area contributed by atoms with Gasteiger partial charge in [-0.1, -0.05) is 127 Å². The van der Waals surface area contributed by atoms with E-state index in [1.807, 2.05) is 140 Å². The highest BCUT2D eigenvalue weighted by atomic mass is 31.2. The molecule has 0 spiro atoms. The van der Waals surface area contributed by atoms with Crippen molar-refractivity contribution in [2.75, 3.05) is 6.16 Å². The van der Waals surface area contributed by atoms with Crippen LogP contribution in [0.5, 0.6) is 5.75 Å². The van der Waals surface area contributed by atoms with E-state index in [1.165, 1.54) is 0 Å². The predicted molar refractivity (Wildman–Crippen MR) is 158 cm³/mol. The Morgan fingerprint density at radius 2 is 1.18 bits per heavy atom. The molecule has 188 valence electrons. The Hall–Kier alpha value is -3.64. The molecule has 2 atom stereocenters. The molecule has 0 radical (unpaired) electrons. The molecule has 0 saturated carbocycles. The number of hydrogen-bond donors (Lipinski definition) is 0. The summed E-state index contributed by atoms with van der Waals surface area (Å²) in [5.41, 5.74) is 3.18. The standard InChI is InChI=1S/C33H28O3P2/c1-25-20-22-26(23-21-25)33(24-37(34,27-12-4-2-5-13-27)28-14-6-3-7-15-28)38(35)32-19-11-9-17-30(32)29-16-8-10-18-31(29)36-38/h2-23,33H,24H2,1H3. The largest absolute Gasteiger partial charge is 0.439 e. The maximum absolute atomic E-state index is 15.4. The van der Waals surface area contributed by atoms with Gasteiger partial charge in [0, 0.05) is 22.3 Å². The van der Waals surface area contributed by atoms with Crippen molar-refractivity contribution in [1.29, 1.82) is 0 Å². The predicted octanol–water partition coefficient (Wildman–Crippen LogP) is 7.71. The Labute approximate surface area is 224 Å². The first kappa shape index (κ1) is 24.7. The van der Waals surface area contributed by atoms with Gasteiger partial charge in [-0.05, 0) is 30.2 Å². The lowest BCUT2D eigenvalue weighted by atomic mass is 10.0. The van der Waals surface area contributed by atoms with Crippen molar-refractivity contribution in [2.45, 2.75) is 12.6 Å². The van der Waals surface area contributed by atoms with Gasteiger partial charge in [0.2, 0.25) is 0 Å². The third-order valence-electron chi connectivity index (χ3n) is 7.30. The van der Waals surface area contributed by atoms with Crippen LogP contribution in [0.1, 0.15) is 16.8 Å². The summed E-state index contributed by atoms with van der Waals surface area (Å²) in [5, 5.41) is 2.18. The molecule has 5 aromatic carbocycles. The van der Waals surface area contributed by atoms with E-state index in [4.69, 9.17) is 4.52 Å². The number of rotatable bonds is 6. The van der Waals surface area contributed by atoms with Crippen molar-refractivity contribution in [3.63, 3.8) is 0 Å². The van der Waals surface area contributed by atoms with Crippen molar-refractivity contribution in [3.05, 3.63) is 145 Å². The van der Waals surface area contributed by atoms with Crippen LogP contribution in [0, 0.1) is 6.92 Å². The van der Waals surface area contributed by atoms with Gasteiger partial charge in [-0.3, -0.25) is 4.57 Å². The fraction of sp³-hybridized carbons (Fsp3) is 0.0909. The summed E-state index contributed by atoms with van der Waals surface area (Å²) in [7, 11) is -6.81. The van der Waals surface area contributed by atoms with Crippen molar-refractivity contribution in [1.82, 2.24) is 0 Å². The Kier molecular flexibility index (Phi) is 6.44. The van der Waals surface area contributed by atoms with Gasteiger partial charge in [0.25, 0.3) is 7.37 Å². The van der Waals surface area contributed by atoms with Gasteiger partial charge in [-0.15, -0.1) is 0 Å². The van der Waals surface area contributed by atoms with Crippen LogP contribution in [-0.2, 0) is 9.13 Å². The van der Waals surface area contributed by atoms with Crippen molar-refractivity contribution in [2.24, 2.45) is 0 Å². The molecule has 0 aromatic heterocycles. The first-order valence-corrected chi connectivity index (χ1v) is 16.3. The number of benzene rings is 5. The smallest absolute Gasteiger partial charge is 0.285 e. The van der Waals surface area contributed by atoms with Crippen LogP contribution < -0.4 is 20.4 Å². The SMILES string of the molecule is Cc1ccc(C(CP(=O)(c2ccccc2)c2ccccc2)P2(=O)Oc3ccccc3-c3ccccc32)cc1. The van der Waals surface area contributed by atoms with Crippen LogP contribution in [0.15, 0.2) is 133 Å². The van der Waals surface area contributed by atoms with E-state index in [-0.39, 0.29) is 6.16 Å². The fourth-order valence-corrected chi connectivity index (χ4v) is 12.0. The summed E-state index contributed by atoms with van der Waals surface area (Å²) < 4.78 is 37.2. The second-order valence-electron chi connectivity index (χ2n) is 9.72. The average molecular weight is 535 g/mol. The summed E-state index contributed by atoms with van der Waals surface area (Å²) in [6.07, 6.45) is 0.178. The van der Waals surface area contributed by atoms with Crippen LogP contribution in [-0.4, -0.2) is 6.16 Å². The number of aryl methyl sites for hydroxylation is 1. The molecular formula is C33H28O3P2. The minimum absolute atomic E-state index is 0.178. The highest BCUT2D eigenvalue weighted by molar-refractivity contribution is 7.79. The zero-order valence-electron chi connectivity index (χ0n) is 21.1. The molecule has 0 amide bonds. The van der Waals surface area contributed by atoms with Gasteiger partial charge in [-0.2, -0.15) is 0 Å². The van der Waals surface area contributed by atoms with E-state index in [0.29, 0.717) is 11.1 Å². The zero-order chi connectivity index (χ0) is 26.2. The molecule has 0 N–H and O–H groups in total. The highest BCUT2D eigenvalue weighted by Crippen LogP contribution is 2.67. The Bertz CT molecular complexity index is 1640. The molecule has 1 aliphatic heterocycles. The zero-order valence-corrected chi connectivity index (χ0v) is 22.9. The summed E-state index contributed by atoms with van der Waals surface area (Å²) in [5.74, 6) is 0.598. The molecule has 0 aliphatic carbocycles. The molecule has 0 fully saturated rings. The normalized spacial score (nSPS) is 17.1. The maximum atomic E-state index is 15.4. The molecule has 3 nitrogen and oxygen atoms in total. The number of para-hydroxylation sites is 1. The Morgan fingerprint density at radius 3 is 1.82 bits per heavy atom. The van der Waals surface area contributed by atoms with Crippen molar-refractivity contribution < 1.29 is 13.7 Å². The monoisotopic (exact) mass is 534 g/mol. The minimum Gasteiger partial charge on any atom is -0.439 e. The molecule has 1 aliphatic rings. The molecule has 38 heavy (non-hydrogen) atoms. The Balaban J connectivity index is 1.59. The molecule has 0 bridgehead atoms. The lowest BCUT2D eigenvalue weighted by Crippen LogP contribution is -2.27. The average Bonchev–Trinajstić information content (AvgIpc) is 2.97. The second-order valence-corrected chi connectivity index (χ2v) is 15.1. The van der Waals surface area contributed by atoms with E-state index in [0.717, 1.165) is 32.9 Å². The molecule has 5 aromatic rings. The number of hydrogen-bond acceptors (Lipinski definition) is 3. The van der Waals surface area contributed by atoms with Crippen LogP contribution in [0.2, 0.25) is 0 Å². The van der Waals surface area contributed by atoms with E-state index < -0.39 is 20.2 Å². The van der Waals surface area contributed by atoms with E-state index in [1.54, 1.807) is 0 Å². The molecule has 1 heterocycles. The maximum Gasteiger partial charge on any atom is 0.285 e. The van der Waals surface area contributed by atoms with Crippen molar-refractivity contribution >= 4 is 30.4 Å². The van der Waals surface area contributed by atoms with Gasteiger partial charge in [0.05, 0.1) is 11.0 Å². The molecule has 0 saturated heterocycles. The van der Waals surface area contributed by atoms with Crippen LogP contribution in [0.4, 0.5) is 0 Å². The van der Waals surface area contributed by atoms with Gasteiger partial charge >= 0.3 is 0 Å². The summed E-state index contributed by atoms with van der Waals surface area (Å²) in [4.78, 5) is 0. The van der Waals surface area contributed by atoms with Gasteiger partial charge in [0.1, 0.15) is 12.9 Å². The van der Waals surface area contributed by atoms with Crippen molar-refractivity contribution in [3.8, 4) is 16.9 Å². The minimum atomic E-state index is -3.59. The molecule has 2 unspecified atom stereocenters. The third-order valence-corrected chi connectivity index (χ3v) is 13.6. The first-order chi connectivity index (χ1) is 18.5. The van der Waals surface area contributed by atoms with Gasteiger partial charge in [0.15, 0.2) is 0 Å². The van der Waals surface area contributed by atoms with E-state index in [2.05, 4.69) is 0 Å². The third kappa shape index (κ3) is 4.27. The van der Waals surface area contributed by atoms with Crippen LogP contribution in [0.3, 0.4) is 0 Å². The molecule has 5 heteroatoms. The van der Waals surface area contributed by atoms with Crippen LogP contribution >= 0.6 is 14.5 Å². The quantitative estimate of drug-likeness (QED) is 0.210. The number of fused-ring (bicyclic) bond motifs is 3. The Morgan fingerprint density at radius 1 is 0.658 bits per heavy atom. The summed E-state index contributed by atoms with van der Waals surface area (Å²) in [6.45, 7) is 2.03. The molecular weight excluding hydrogens is 506 g/mol. The summed E-state index contributed by atoms with van der Waals surface area (Å²) in [6, 6.07) is 42.7. The highest BCUT2D eigenvalue weighted by Gasteiger charge is 2.47. The first-order valence-electron chi connectivity index (χ1n) is 12.7. The van der Waals surface area contributed by atoms with E-state index in [9.17, 15) is 0 Å². The van der Waals surface area contributed by atoms with Gasteiger partial charge < -0.3 is 9.09 Å². The topological polar surface area (TPSA) is 43.4 Å². The lowest BCUT2D eigenvalue weighted by molar-refractivity contribution is 0.481. The second kappa shape index (κ2) is 9.91.